The Balaban J connectivity index is 1.54. The van der Waals surface area contributed by atoms with Crippen LogP contribution in [0.25, 0.3) is 0 Å². The van der Waals surface area contributed by atoms with Gasteiger partial charge in [0.2, 0.25) is 0 Å². The van der Waals surface area contributed by atoms with E-state index in [0.29, 0.717) is 17.5 Å². The van der Waals surface area contributed by atoms with Gasteiger partial charge in [-0.2, -0.15) is 0 Å². The second-order valence-corrected chi connectivity index (χ2v) is 8.96. The van der Waals surface area contributed by atoms with Crippen molar-refractivity contribution < 1.29 is 19.3 Å². The third kappa shape index (κ3) is 2.25. The second-order valence-electron chi connectivity index (χ2n) is 8.96. The van der Waals surface area contributed by atoms with Crippen molar-refractivity contribution in [3.63, 3.8) is 0 Å². The van der Waals surface area contributed by atoms with Crippen molar-refractivity contribution in [1.29, 1.82) is 0 Å². The van der Waals surface area contributed by atoms with E-state index in [2.05, 4.69) is 0 Å². The van der Waals surface area contributed by atoms with Crippen LogP contribution in [0.3, 0.4) is 0 Å². The molecule has 4 N–H and O–H groups in total. The van der Waals surface area contributed by atoms with Crippen molar-refractivity contribution in [3.8, 4) is 11.5 Å². The van der Waals surface area contributed by atoms with Crippen LogP contribution >= 0.6 is 0 Å². The molecule has 136 valence electrons. The summed E-state index contributed by atoms with van der Waals surface area (Å²) in [5.74, 6) is 0.632. The van der Waals surface area contributed by atoms with Gasteiger partial charge >= 0.3 is 0 Å². The molecule has 1 aromatic carbocycles. The number of aromatic hydroxyl groups is 2. The zero-order valence-electron chi connectivity index (χ0n) is 14.4. The molecule has 0 aromatic heterocycles. The maximum absolute atomic E-state index is 13.9. The molecule has 0 radical (unpaired) electrons. The number of ether oxygens (including phenoxy) is 1. The topological polar surface area (TPSA) is 75.7 Å². The Morgan fingerprint density at radius 1 is 1.08 bits per heavy atom. The normalized spacial score (nSPS) is 41.8. The monoisotopic (exact) mass is 347 g/mol. The Kier molecular flexibility index (Phi) is 3.39. The highest BCUT2D eigenvalue weighted by Crippen LogP contribution is 2.63. The molecule has 5 heteroatoms. The summed E-state index contributed by atoms with van der Waals surface area (Å²) in [5.41, 5.74) is 7.30. The van der Waals surface area contributed by atoms with Gasteiger partial charge in [-0.25, -0.2) is 4.39 Å². The average Bonchev–Trinajstić information content (AvgIpc) is 2.58. The minimum Gasteiger partial charge on any atom is -0.504 e. The fourth-order valence-corrected chi connectivity index (χ4v) is 6.81. The summed E-state index contributed by atoms with van der Waals surface area (Å²) in [6.07, 6.45) is 7.80. The van der Waals surface area contributed by atoms with Gasteiger partial charge in [-0.15, -0.1) is 0 Å². The Bertz CT molecular complexity index is 684. The quantitative estimate of drug-likeness (QED) is 0.717. The lowest BCUT2D eigenvalue weighted by Crippen LogP contribution is -2.54. The SMILES string of the molecule is NC[C@@H]1O[C@H](C23CC4CC(CC(C4)C2)C3)Cc2c1cc(F)c(O)c2O. The number of benzene rings is 1. The van der Waals surface area contributed by atoms with Crippen LogP contribution < -0.4 is 5.73 Å². The molecule has 2 atom stereocenters. The summed E-state index contributed by atoms with van der Waals surface area (Å²) in [6, 6.07) is 1.28. The molecule has 0 saturated heterocycles. The molecule has 1 aromatic rings. The molecule has 1 aliphatic heterocycles. The maximum atomic E-state index is 13.9. The fourth-order valence-electron chi connectivity index (χ4n) is 6.81. The lowest BCUT2D eigenvalue weighted by molar-refractivity contribution is -0.165. The van der Waals surface area contributed by atoms with E-state index in [1.807, 2.05) is 0 Å². The van der Waals surface area contributed by atoms with E-state index in [4.69, 9.17) is 10.5 Å². The van der Waals surface area contributed by atoms with Gasteiger partial charge in [0.1, 0.15) is 0 Å². The summed E-state index contributed by atoms with van der Waals surface area (Å²) in [6.45, 7) is 0.250. The molecule has 0 spiro atoms. The standard InChI is InChI=1S/C20H26FNO3/c21-15-4-13-14(18(23)19(15)24)5-17(25-16(13)9-22)20-6-10-1-11(7-20)3-12(2-10)8-20/h4,10-12,16-17,23-24H,1-3,5-9,22H2/t10?,11?,12?,16-,17-,20?/m0/s1. The molecular formula is C20H26FNO3. The minimum absolute atomic E-state index is 0.00212. The Morgan fingerprint density at radius 2 is 1.68 bits per heavy atom. The van der Waals surface area contributed by atoms with Gasteiger partial charge in [0, 0.05) is 18.5 Å². The summed E-state index contributed by atoms with van der Waals surface area (Å²) >= 11 is 0. The number of fused-ring (bicyclic) bond motifs is 1. The van der Waals surface area contributed by atoms with Gasteiger partial charge in [0.15, 0.2) is 17.3 Å². The van der Waals surface area contributed by atoms with Crippen LogP contribution in [0.4, 0.5) is 4.39 Å². The van der Waals surface area contributed by atoms with E-state index in [1.165, 1.54) is 44.6 Å². The highest BCUT2D eigenvalue weighted by Gasteiger charge is 2.56. The molecule has 0 unspecified atom stereocenters. The molecule has 6 rings (SSSR count). The molecule has 0 amide bonds. The van der Waals surface area contributed by atoms with Crippen molar-refractivity contribution in [2.24, 2.45) is 28.9 Å². The average molecular weight is 347 g/mol. The number of phenolic OH excluding ortho intramolecular Hbond substituents is 2. The molecule has 5 aliphatic rings. The lowest BCUT2D eigenvalue weighted by atomic mass is 9.47. The summed E-state index contributed by atoms with van der Waals surface area (Å²) in [4.78, 5) is 0. The van der Waals surface area contributed by atoms with E-state index in [0.717, 1.165) is 17.8 Å². The number of phenols is 2. The first-order chi connectivity index (χ1) is 12.0. The first kappa shape index (κ1) is 15.9. The number of nitrogens with two attached hydrogens (primary N) is 1. The van der Waals surface area contributed by atoms with E-state index >= 15 is 0 Å². The predicted molar refractivity (Wildman–Crippen MR) is 90.7 cm³/mol. The third-order valence-corrected chi connectivity index (χ3v) is 7.41. The highest BCUT2D eigenvalue weighted by atomic mass is 19.1. The van der Waals surface area contributed by atoms with Crippen LogP contribution in [0, 0.1) is 29.0 Å². The van der Waals surface area contributed by atoms with Crippen LogP contribution in [0.15, 0.2) is 6.07 Å². The van der Waals surface area contributed by atoms with Crippen molar-refractivity contribution in [3.05, 3.63) is 23.0 Å². The van der Waals surface area contributed by atoms with Crippen molar-refractivity contribution in [1.82, 2.24) is 0 Å². The molecule has 4 bridgehead atoms. The summed E-state index contributed by atoms with van der Waals surface area (Å²) in [5, 5.41) is 20.2. The van der Waals surface area contributed by atoms with Crippen LogP contribution in [0.1, 0.15) is 55.8 Å². The van der Waals surface area contributed by atoms with E-state index in [9.17, 15) is 14.6 Å². The van der Waals surface area contributed by atoms with Gasteiger partial charge in [-0.1, -0.05) is 0 Å². The molecule has 25 heavy (non-hydrogen) atoms. The smallest absolute Gasteiger partial charge is 0.194 e. The van der Waals surface area contributed by atoms with Crippen LogP contribution in [0.5, 0.6) is 11.5 Å². The van der Waals surface area contributed by atoms with Crippen molar-refractivity contribution >= 4 is 0 Å². The Morgan fingerprint density at radius 3 is 2.24 bits per heavy atom. The van der Waals surface area contributed by atoms with Gasteiger partial charge in [-0.05, 0) is 73.3 Å². The highest BCUT2D eigenvalue weighted by molar-refractivity contribution is 5.52. The largest absolute Gasteiger partial charge is 0.504 e. The van der Waals surface area contributed by atoms with E-state index in [-0.39, 0.29) is 23.8 Å². The summed E-state index contributed by atoms with van der Waals surface area (Å²) in [7, 11) is 0. The van der Waals surface area contributed by atoms with Crippen molar-refractivity contribution in [2.45, 2.75) is 57.2 Å². The zero-order chi connectivity index (χ0) is 17.3. The van der Waals surface area contributed by atoms with Crippen LogP contribution in [0.2, 0.25) is 0 Å². The molecule has 4 nitrogen and oxygen atoms in total. The number of hydrogen-bond donors (Lipinski definition) is 3. The van der Waals surface area contributed by atoms with Crippen molar-refractivity contribution in [2.75, 3.05) is 6.54 Å². The molecule has 4 aliphatic carbocycles. The fraction of sp³-hybridized carbons (Fsp3) is 0.700. The van der Waals surface area contributed by atoms with Gasteiger partial charge < -0.3 is 20.7 Å². The number of rotatable bonds is 2. The Hall–Kier alpha value is -1.33. The zero-order valence-corrected chi connectivity index (χ0v) is 14.4. The van der Waals surface area contributed by atoms with E-state index in [1.54, 1.807) is 0 Å². The molecule has 4 saturated carbocycles. The number of halogens is 1. The second kappa shape index (κ2) is 5.34. The van der Waals surface area contributed by atoms with Gasteiger partial charge in [-0.3, -0.25) is 0 Å². The van der Waals surface area contributed by atoms with Gasteiger partial charge in [0.25, 0.3) is 0 Å². The van der Waals surface area contributed by atoms with Crippen LogP contribution in [-0.4, -0.2) is 22.9 Å². The van der Waals surface area contributed by atoms with Crippen LogP contribution in [-0.2, 0) is 11.2 Å². The minimum atomic E-state index is -0.813. The Labute approximate surface area is 147 Å². The maximum Gasteiger partial charge on any atom is 0.194 e. The lowest BCUT2D eigenvalue weighted by Gasteiger charge is -2.60. The molecular weight excluding hydrogens is 321 g/mol. The predicted octanol–water partition coefficient (Wildman–Crippen LogP) is 3.39. The number of hydrogen-bond acceptors (Lipinski definition) is 4. The first-order valence-corrected chi connectivity index (χ1v) is 9.58. The molecule has 1 heterocycles. The van der Waals surface area contributed by atoms with Gasteiger partial charge in [0.05, 0.1) is 12.2 Å². The first-order valence-electron chi connectivity index (χ1n) is 9.58. The summed E-state index contributed by atoms with van der Waals surface area (Å²) < 4.78 is 20.3. The third-order valence-electron chi connectivity index (χ3n) is 7.41. The molecule has 4 fully saturated rings. The van der Waals surface area contributed by atoms with E-state index < -0.39 is 17.7 Å².